The van der Waals surface area contributed by atoms with Gasteiger partial charge in [-0.1, -0.05) is 47.6 Å². The molecule has 0 N–H and O–H groups in total. The summed E-state index contributed by atoms with van der Waals surface area (Å²) in [7, 11) is 3.69. The molecule has 2 heterocycles. The number of nitrogens with zero attached hydrogens (tertiary/aromatic N) is 3. The van der Waals surface area contributed by atoms with Crippen LogP contribution in [0.1, 0.15) is 27.2 Å². The van der Waals surface area contributed by atoms with Gasteiger partial charge in [0, 0.05) is 41.4 Å². The lowest BCUT2D eigenvalue weighted by molar-refractivity contribution is 0.102. The number of halogens is 1. The summed E-state index contributed by atoms with van der Waals surface area (Å²) in [5.74, 6) is 0.855. The van der Waals surface area contributed by atoms with Crippen molar-refractivity contribution in [1.82, 2.24) is 9.88 Å². The number of benzene rings is 2. The van der Waals surface area contributed by atoms with Crippen molar-refractivity contribution in [3.05, 3.63) is 75.9 Å². The molecular weight excluding hydrogens is 442 g/mol. The van der Waals surface area contributed by atoms with Crippen molar-refractivity contribution in [1.29, 1.82) is 5.26 Å². The number of ketones is 1. The number of hydrogen-bond acceptors (Lipinski definition) is 6. The molecule has 1 aliphatic heterocycles. The molecule has 3 aromatic rings. The van der Waals surface area contributed by atoms with Crippen LogP contribution in [0.5, 0.6) is 5.75 Å². The summed E-state index contributed by atoms with van der Waals surface area (Å²) in [6, 6.07) is 17.0. The van der Waals surface area contributed by atoms with Gasteiger partial charge in [0.2, 0.25) is 0 Å². The molecule has 1 aliphatic rings. The highest BCUT2D eigenvalue weighted by Crippen LogP contribution is 2.38. The molecule has 0 saturated heterocycles. The van der Waals surface area contributed by atoms with Crippen LogP contribution in [0.3, 0.4) is 0 Å². The largest absolute Gasteiger partial charge is 0.497 e. The minimum Gasteiger partial charge on any atom is -0.497 e. The first-order valence-electron chi connectivity index (χ1n) is 10.2. The highest BCUT2D eigenvalue weighted by molar-refractivity contribution is 8.00. The molecule has 0 spiro atoms. The average Bonchev–Trinajstić information content (AvgIpc) is 2.81. The Morgan fingerprint density at radius 3 is 2.84 bits per heavy atom. The van der Waals surface area contributed by atoms with Crippen molar-refractivity contribution < 1.29 is 9.53 Å². The highest BCUT2D eigenvalue weighted by Gasteiger charge is 2.25. The molecule has 5 nitrogen and oxygen atoms in total. The Bertz CT molecular complexity index is 1220. The van der Waals surface area contributed by atoms with Gasteiger partial charge in [0.15, 0.2) is 5.78 Å². The maximum Gasteiger partial charge on any atom is 0.173 e. The van der Waals surface area contributed by atoms with E-state index >= 15 is 0 Å². The lowest BCUT2D eigenvalue weighted by atomic mass is 9.91. The second-order valence-electron chi connectivity index (χ2n) is 7.65. The molecule has 0 radical (unpaired) electrons. The minimum atomic E-state index is -0.0522. The molecule has 4 rings (SSSR count). The van der Waals surface area contributed by atoms with Crippen molar-refractivity contribution in [3.8, 4) is 22.9 Å². The third-order valence-electron chi connectivity index (χ3n) is 5.47. The quantitative estimate of drug-likeness (QED) is 0.367. The SMILES string of the molecule is COc1cccc(-c2c(C#N)c(SCC(=O)c3cccc(Cl)c3)nc3c2CN(C)CC3)c1. The van der Waals surface area contributed by atoms with Crippen molar-refractivity contribution in [2.45, 2.75) is 18.0 Å². The average molecular weight is 464 g/mol. The third-order valence-corrected chi connectivity index (χ3v) is 6.68. The number of hydrogen-bond donors (Lipinski definition) is 0. The second-order valence-corrected chi connectivity index (χ2v) is 9.05. The van der Waals surface area contributed by atoms with Crippen LogP contribution in [0, 0.1) is 11.3 Å². The molecule has 0 bridgehead atoms. The summed E-state index contributed by atoms with van der Waals surface area (Å²) in [6.07, 6.45) is 0.796. The number of pyridine rings is 1. The predicted octanol–water partition coefficient (Wildman–Crippen LogP) is 5.25. The van der Waals surface area contributed by atoms with Gasteiger partial charge in [-0.15, -0.1) is 0 Å². The fraction of sp³-hybridized carbons (Fsp3) is 0.240. The number of methoxy groups -OCH3 is 1. The molecule has 0 saturated carbocycles. The molecular formula is C25H22ClN3O2S. The van der Waals surface area contributed by atoms with Gasteiger partial charge in [0.05, 0.1) is 18.4 Å². The summed E-state index contributed by atoms with van der Waals surface area (Å²) < 4.78 is 5.41. The zero-order valence-electron chi connectivity index (χ0n) is 17.9. The van der Waals surface area contributed by atoms with Gasteiger partial charge < -0.3 is 9.64 Å². The first kappa shape index (κ1) is 22.3. The van der Waals surface area contributed by atoms with E-state index in [4.69, 9.17) is 21.3 Å². The van der Waals surface area contributed by atoms with Gasteiger partial charge in [-0.3, -0.25) is 4.79 Å². The van der Waals surface area contributed by atoms with Gasteiger partial charge in [0.25, 0.3) is 0 Å². The summed E-state index contributed by atoms with van der Waals surface area (Å²) >= 11 is 7.33. The number of thioether (sulfide) groups is 1. The fourth-order valence-electron chi connectivity index (χ4n) is 3.86. The van der Waals surface area contributed by atoms with E-state index in [1.807, 2.05) is 24.3 Å². The van der Waals surface area contributed by atoms with Gasteiger partial charge in [-0.2, -0.15) is 5.26 Å². The van der Waals surface area contributed by atoms with Gasteiger partial charge in [-0.05, 0) is 42.4 Å². The highest BCUT2D eigenvalue weighted by atomic mass is 35.5. The first-order chi connectivity index (χ1) is 15.5. The zero-order chi connectivity index (χ0) is 22.7. The molecule has 0 atom stereocenters. The number of nitriles is 1. The Kier molecular flexibility index (Phi) is 6.80. The van der Waals surface area contributed by atoms with Crippen LogP contribution in [0.4, 0.5) is 0 Å². The lowest BCUT2D eigenvalue weighted by Crippen LogP contribution is -2.28. The number of carbonyl (C=O) groups excluding carboxylic acids is 1. The van der Waals surface area contributed by atoms with E-state index in [1.54, 1.807) is 31.4 Å². The Morgan fingerprint density at radius 2 is 2.09 bits per heavy atom. The molecule has 0 aliphatic carbocycles. The van der Waals surface area contributed by atoms with Crippen LogP contribution in [0.25, 0.3) is 11.1 Å². The van der Waals surface area contributed by atoms with Gasteiger partial charge in [0.1, 0.15) is 16.8 Å². The first-order valence-corrected chi connectivity index (χ1v) is 11.6. The number of fused-ring (bicyclic) bond motifs is 1. The van der Waals surface area contributed by atoms with Crippen LogP contribution in [-0.4, -0.2) is 42.1 Å². The topological polar surface area (TPSA) is 66.2 Å². The molecule has 1 aromatic heterocycles. The zero-order valence-corrected chi connectivity index (χ0v) is 19.5. The Labute approximate surface area is 197 Å². The van der Waals surface area contributed by atoms with E-state index in [0.29, 0.717) is 21.2 Å². The van der Waals surface area contributed by atoms with Crippen LogP contribution in [0.2, 0.25) is 5.02 Å². The third kappa shape index (κ3) is 4.66. The number of carbonyl (C=O) groups is 1. The molecule has 2 aromatic carbocycles. The molecule has 0 unspecified atom stereocenters. The van der Waals surface area contributed by atoms with E-state index < -0.39 is 0 Å². The Hall–Kier alpha value is -2.85. The van der Waals surface area contributed by atoms with Gasteiger partial charge >= 0.3 is 0 Å². The maximum absolute atomic E-state index is 12.7. The molecule has 0 amide bonds. The summed E-state index contributed by atoms with van der Waals surface area (Å²) in [5.41, 5.74) is 4.89. The maximum atomic E-state index is 12.7. The van der Waals surface area contributed by atoms with E-state index in [2.05, 4.69) is 18.0 Å². The lowest BCUT2D eigenvalue weighted by Gasteiger charge is -2.28. The van der Waals surface area contributed by atoms with Crippen LogP contribution in [-0.2, 0) is 13.0 Å². The molecule has 0 fully saturated rings. The molecule has 7 heteroatoms. The number of likely N-dealkylation sites (N-methyl/N-ethyl adjacent to an activating group) is 1. The second kappa shape index (κ2) is 9.74. The standard InChI is InChI=1S/C25H22ClN3O2S/c1-29-10-9-22-21(14-29)24(17-6-4-8-19(12-17)31-2)20(13-27)25(28-22)32-15-23(30)16-5-3-7-18(26)11-16/h3-8,11-12H,9-10,14-15H2,1-2H3. The fourth-order valence-corrected chi connectivity index (χ4v) is 4.95. The van der Waals surface area contributed by atoms with Crippen molar-refractivity contribution in [3.63, 3.8) is 0 Å². The van der Waals surface area contributed by atoms with E-state index in [0.717, 1.165) is 47.6 Å². The summed E-state index contributed by atoms with van der Waals surface area (Å²) in [6.45, 7) is 1.62. The van der Waals surface area contributed by atoms with Crippen LogP contribution < -0.4 is 4.74 Å². The Morgan fingerprint density at radius 1 is 1.28 bits per heavy atom. The van der Waals surface area contributed by atoms with Crippen LogP contribution >= 0.6 is 23.4 Å². The number of ether oxygens (including phenoxy) is 1. The number of Topliss-reactive ketones (excluding diaryl/α,β-unsaturated/α-hetero) is 1. The van der Waals surface area contributed by atoms with E-state index in [-0.39, 0.29) is 11.5 Å². The van der Waals surface area contributed by atoms with Crippen molar-refractivity contribution in [2.75, 3.05) is 26.5 Å². The van der Waals surface area contributed by atoms with Crippen molar-refractivity contribution in [2.24, 2.45) is 0 Å². The van der Waals surface area contributed by atoms with E-state index in [1.165, 1.54) is 11.8 Å². The summed E-state index contributed by atoms with van der Waals surface area (Å²) in [4.78, 5) is 19.8. The Balaban J connectivity index is 1.76. The predicted molar refractivity (Wildman–Crippen MR) is 127 cm³/mol. The minimum absolute atomic E-state index is 0.0522. The number of aromatic nitrogens is 1. The smallest absolute Gasteiger partial charge is 0.173 e. The van der Waals surface area contributed by atoms with Crippen LogP contribution in [0.15, 0.2) is 53.6 Å². The molecule has 162 valence electrons. The number of rotatable bonds is 6. The van der Waals surface area contributed by atoms with Crippen molar-refractivity contribution >= 4 is 29.1 Å². The summed E-state index contributed by atoms with van der Waals surface area (Å²) in [5, 5.41) is 11.2. The molecule has 32 heavy (non-hydrogen) atoms. The normalized spacial score (nSPS) is 13.3. The van der Waals surface area contributed by atoms with Gasteiger partial charge in [-0.25, -0.2) is 4.98 Å². The van der Waals surface area contributed by atoms with E-state index in [9.17, 15) is 10.1 Å². The monoisotopic (exact) mass is 463 g/mol.